The number of nitrogens with zero attached hydrogens (tertiary/aromatic N) is 2. The van der Waals surface area contributed by atoms with Gasteiger partial charge in [-0.1, -0.05) is 0 Å². The van der Waals surface area contributed by atoms with E-state index in [1.807, 2.05) is 0 Å². The molecule has 0 aliphatic carbocycles. The van der Waals surface area contributed by atoms with Crippen LogP contribution in [0, 0.1) is 0 Å². The first-order chi connectivity index (χ1) is 10.1. The summed E-state index contributed by atoms with van der Waals surface area (Å²) in [4.78, 5) is 11.3. The predicted molar refractivity (Wildman–Crippen MR) is 70.7 cm³/mol. The van der Waals surface area contributed by atoms with Gasteiger partial charge in [0.25, 0.3) is 5.89 Å². The zero-order valence-corrected chi connectivity index (χ0v) is 12.0. The van der Waals surface area contributed by atoms with Gasteiger partial charge in [-0.2, -0.15) is 0 Å². The van der Waals surface area contributed by atoms with E-state index in [1.54, 1.807) is 12.1 Å². The normalized spacial score (nSPS) is 10.1. The van der Waals surface area contributed by atoms with E-state index in [0.717, 1.165) is 0 Å². The van der Waals surface area contributed by atoms with Crippen LogP contribution < -0.4 is 14.2 Å². The van der Waals surface area contributed by atoms with Crippen molar-refractivity contribution >= 4 is 5.97 Å². The van der Waals surface area contributed by atoms with Crippen molar-refractivity contribution in [3.05, 3.63) is 18.0 Å². The van der Waals surface area contributed by atoms with Crippen molar-refractivity contribution in [2.24, 2.45) is 0 Å². The number of ether oxygens (including phenoxy) is 4. The standard InChI is InChI=1S/C13H14N2O6/c1-17-8-6-10(19-3)9(18-2)5-7(8)11-14-15-12(21-11)13(16)20-4/h5-6H,1-4H3. The number of hydrogen-bond donors (Lipinski definition) is 0. The molecule has 0 fully saturated rings. The Morgan fingerprint density at radius 3 is 2.14 bits per heavy atom. The Morgan fingerprint density at radius 1 is 0.952 bits per heavy atom. The maximum atomic E-state index is 11.3. The summed E-state index contributed by atoms with van der Waals surface area (Å²) >= 11 is 0. The van der Waals surface area contributed by atoms with Crippen LogP contribution in [0.1, 0.15) is 10.7 Å². The van der Waals surface area contributed by atoms with Gasteiger partial charge in [-0.3, -0.25) is 0 Å². The molecule has 1 heterocycles. The van der Waals surface area contributed by atoms with E-state index < -0.39 is 5.97 Å². The first-order valence-electron chi connectivity index (χ1n) is 5.86. The number of hydrogen-bond acceptors (Lipinski definition) is 8. The minimum Gasteiger partial charge on any atom is -0.496 e. The van der Waals surface area contributed by atoms with Crippen molar-refractivity contribution in [2.45, 2.75) is 0 Å². The number of benzene rings is 1. The van der Waals surface area contributed by atoms with Crippen LogP contribution in [-0.4, -0.2) is 44.6 Å². The number of methoxy groups -OCH3 is 4. The molecule has 0 aliphatic rings. The molecule has 0 N–H and O–H groups in total. The minimum atomic E-state index is -0.715. The zero-order valence-electron chi connectivity index (χ0n) is 12.0. The topological polar surface area (TPSA) is 92.9 Å². The molecule has 0 saturated carbocycles. The average Bonchev–Trinajstić information content (AvgIpc) is 3.02. The fourth-order valence-corrected chi connectivity index (χ4v) is 1.70. The number of carbonyl (C=O) groups is 1. The molecule has 8 nitrogen and oxygen atoms in total. The van der Waals surface area contributed by atoms with Gasteiger partial charge in [-0.15, -0.1) is 10.2 Å². The highest BCUT2D eigenvalue weighted by molar-refractivity contribution is 5.84. The van der Waals surface area contributed by atoms with Gasteiger partial charge in [0.05, 0.1) is 34.0 Å². The summed E-state index contributed by atoms with van der Waals surface area (Å²) in [7, 11) is 5.73. The third kappa shape index (κ3) is 2.73. The average molecular weight is 294 g/mol. The number of carbonyl (C=O) groups excluding carboxylic acids is 1. The quantitative estimate of drug-likeness (QED) is 0.767. The third-order valence-electron chi connectivity index (χ3n) is 2.72. The van der Waals surface area contributed by atoms with Crippen LogP contribution >= 0.6 is 0 Å². The number of rotatable bonds is 5. The monoisotopic (exact) mass is 294 g/mol. The van der Waals surface area contributed by atoms with Crippen LogP contribution in [-0.2, 0) is 4.74 Å². The Kier molecular flexibility index (Phi) is 4.27. The van der Waals surface area contributed by atoms with E-state index in [4.69, 9.17) is 18.6 Å². The molecule has 0 radical (unpaired) electrons. The smallest absolute Gasteiger partial charge is 0.396 e. The van der Waals surface area contributed by atoms with E-state index in [0.29, 0.717) is 22.8 Å². The van der Waals surface area contributed by atoms with Gasteiger partial charge < -0.3 is 23.4 Å². The van der Waals surface area contributed by atoms with Crippen molar-refractivity contribution in [1.82, 2.24) is 10.2 Å². The molecule has 0 spiro atoms. The Labute approximate surface area is 120 Å². The Morgan fingerprint density at radius 2 is 1.57 bits per heavy atom. The molecular weight excluding hydrogens is 280 g/mol. The van der Waals surface area contributed by atoms with E-state index >= 15 is 0 Å². The SMILES string of the molecule is COC(=O)c1nnc(-c2cc(OC)c(OC)cc2OC)o1. The maximum Gasteiger partial charge on any atom is 0.396 e. The lowest BCUT2D eigenvalue weighted by atomic mass is 10.1. The molecule has 2 aromatic rings. The summed E-state index contributed by atoms with van der Waals surface area (Å²) in [6.45, 7) is 0. The fraction of sp³-hybridized carbons (Fsp3) is 0.308. The second-order valence-corrected chi connectivity index (χ2v) is 3.81. The molecule has 0 atom stereocenters. The molecule has 1 aromatic heterocycles. The molecule has 0 saturated heterocycles. The lowest BCUT2D eigenvalue weighted by Gasteiger charge is -2.11. The molecule has 1 aromatic carbocycles. The lowest BCUT2D eigenvalue weighted by Crippen LogP contribution is -2.00. The first kappa shape index (κ1) is 14.6. The predicted octanol–water partition coefficient (Wildman–Crippen LogP) is 1.55. The molecule has 2 rings (SSSR count). The van der Waals surface area contributed by atoms with Crippen LogP contribution in [0.4, 0.5) is 0 Å². The maximum absolute atomic E-state index is 11.3. The van der Waals surface area contributed by atoms with Gasteiger partial charge in [-0.05, 0) is 0 Å². The molecule has 21 heavy (non-hydrogen) atoms. The van der Waals surface area contributed by atoms with E-state index in [2.05, 4.69) is 14.9 Å². The summed E-state index contributed by atoms with van der Waals surface area (Å²) in [6, 6.07) is 3.24. The fourth-order valence-electron chi connectivity index (χ4n) is 1.70. The molecule has 112 valence electrons. The van der Waals surface area contributed by atoms with Gasteiger partial charge >= 0.3 is 11.9 Å². The number of esters is 1. The Hall–Kier alpha value is -2.77. The third-order valence-corrected chi connectivity index (χ3v) is 2.72. The van der Waals surface area contributed by atoms with Gasteiger partial charge in [0.2, 0.25) is 0 Å². The lowest BCUT2D eigenvalue weighted by molar-refractivity contribution is 0.0556. The summed E-state index contributed by atoms with van der Waals surface area (Å²) in [5.41, 5.74) is 0.470. The number of aromatic nitrogens is 2. The van der Waals surface area contributed by atoms with Crippen molar-refractivity contribution in [2.75, 3.05) is 28.4 Å². The highest BCUT2D eigenvalue weighted by atomic mass is 16.5. The molecule has 0 amide bonds. The van der Waals surface area contributed by atoms with Gasteiger partial charge in [0.15, 0.2) is 11.5 Å². The second kappa shape index (κ2) is 6.12. The minimum absolute atomic E-state index is 0.105. The van der Waals surface area contributed by atoms with E-state index in [1.165, 1.54) is 28.4 Å². The van der Waals surface area contributed by atoms with Crippen molar-refractivity contribution in [3.63, 3.8) is 0 Å². The first-order valence-corrected chi connectivity index (χ1v) is 5.86. The van der Waals surface area contributed by atoms with Gasteiger partial charge in [0, 0.05) is 12.1 Å². The van der Waals surface area contributed by atoms with Crippen LogP contribution in [0.15, 0.2) is 16.5 Å². The zero-order chi connectivity index (χ0) is 15.4. The van der Waals surface area contributed by atoms with Crippen molar-refractivity contribution in [1.29, 1.82) is 0 Å². The molecular formula is C13H14N2O6. The van der Waals surface area contributed by atoms with Crippen LogP contribution in [0.3, 0.4) is 0 Å². The van der Waals surface area contributed by atoms with Crippen LogP contribution in [0.2, 0.25) is 0 Å². The van der Waals surface area contributed by atoms with Crippen molar-refractivity contribution < 1.29 is 28.2 Å². The summed E-state index contributed by atoms with van der Waals surface area (Å²) in [5, 5.41) is 7.42. The molecule has 8 heteroatoms. The highest BCUT2D eigenvalue weighted by Gasteiger charge is 2.21. The largest absolute Gasteiger partial charge is 0.496 e. The van der Waals surface area contributed by atoms with Crippen LogP contribution in [0.5, 0.6) is 17.2 Å². The van der Waals surface area contributed by atoms with E-state index in [-0.39, 0.29) is 11.8 Å². The summed E-state index contributed by atoms with van der Waals surface area (Å²) in [6.07, 6.45) is 0. The molecule has 0 bridgehead atoms. The van der Waals surface area contributed by atoms with Gasteiger partial charge in [-0.25, -0.2) is 4.79 Å². The molecule has 0 unspecified atom stereocenters. The second-order valence-electron chi connectivity index (χ2n) is 3.81. The summed E-state index contributed by atoms with van der Waals surface area (Å²) in [5.74, 6) is 0.537. The highest BCUT2D eigenvalue weighted by Crippen LogP contribution is 2.39. The van der Waals surface area contributed by atoms with Crippen LogP contribution in [0.25, 0.3) is 11.5 Å². The molecule has 0 aliphatic heterocycles. The Balaban J connectivity index is 2.51. The summed E-state index contributed by atoms with van der Waals surface area (Å²) < 4.78 is 25.4. The van der Waals surface area contributed by atoms with E-state index in [9.17, 15) is 4.79 Å². The Bertz CT molecular complexity index is 652. The van der Waals surface area contributed by atoms with Gasteiger partial charge in [0.1, 0.15) is 5.75 Å². The van der Waals surface area contributed by atoms with Crippen molar-refractivity contribution in [3.8, 4) is 28.7 Å².